The van der Waals surface area contributed by atoms with Crippen LogP contribution in [0.25, 0.3) is 0 Å². The number of aromatic nitrogens is 2. The Kier molecular flexibility index (Phi) is 5.78. The molecule has 2 aromatic rings. The third-order valence-electron chi connectivity index (χ3n) is 4.67. The second kappa shape index (κ2) is 8.24. The van der Waals surface area contributed by atoms with Crippen LogP contribution in [0.5, 0.6) is 5.88 Å². The van der Waals surface area contributed by atoms with E-state index >= 15 is 0 Å². The van der Waals surface area contributed by atoms with Crippen molar-refractivity contribution in [2.45, 2.75) is 18.9 Å². The number of carbonyl (C=O) groups excluding carboxylic acids is 1. The van der Waals surface area contributed by atoms with Crippen LogP contribution in [0.2, 0.25) is 0 Å². The first-order valence-corrected chi connectivity index (χ1v) is 9.18. The summed E-state index contributed by atoms with van der Waals surface area (Å²) in [4.78, 5) is 18.6. The molecule has 0 bridgehead atoms. The first-order chi connectivity index (χ1) is 12.9. The zero-order valence-electron chi connectivity index (χ0n) is 16.4. The number of carbonyl (C=O) groups is 1. The van der Waals surface area contributed by atoms with Crippen LogP contribution in [0.1, 0.15) is 23.2 Å². The fourth-order valence-corrected chi connectivity index (χ4v) is 3.09. The maximum atomic E-state index is 12.8. The van der Waals surface area contributed by atoms with Crippen LogP contribution >= 0.6 is 0 Å². The number of anilines is 2. The van der Waals surface area contributed by atoms with Gasteiger partial charge >= 0.3 is 0 Å². The van der Waals surface area contributed by atoms with Gasteiger partial charge in [0.15, 0.2) is 5.82 Å². The van der Waals surface area contributed by atoms with Gasteiger partial charge in [-0.15, -0.1) is 10.2 Å². The minimum atomic E-state index is -0.0664. The molecular weight excluding hydrogens is 342 g/mol. The van der Waals surface area contributed by atoms with E-state index in [1.807, 2.05) is 79.3 Å². The third kappa shape index (κ3) is 4.67. The van der Waals surface area contributed by atoms with Crippen molar-refractivity contribution in [2.24, 2.45) is 0 Å². The van der Waals surface area contributed by atoms with Crippen LogP contribution in [0.15, 0.2) is 36.4 Å². The molecule has 1 amide bonds. The number of amides is 1. The highest BCUT2D eigenvalue weighted by molar-refractivity contribution is 5.94. The molecule has 0 saturated carbocycles. The van der Waals surface area contributed by atoms with Crippen LogP contribution in [0.4, 0.5) is 11.5 Å². The van der Waals surface area contributed by atoms with Crippen molar-refractivity contribution in [3.05, 3.63) is 42.0 Å². The van der Waals surface area contributed by atoms with Gasteiger partial charge in [0.1, 0.15) is 6.10 Å². The average molecular weight is 369 g/mol. The van der Waals surface area contributed by atoms with E-state index in [4.69, 9.17) is 4.74 Å². The number of nitrogens with zero attached hydrogens (tertiary/aromatic N) is 5. The van der Waals surface area contributed by atoms with E-state index in [0.717, 1.165) is 30.9 Å². The topological polar surface area (TPSA) is 61.8 Å². The zero-order chi connectivity index (χ0) is 19.4. The van der Waals surface area contributed by atoms with Gasteiger partial charge in [-0.3, -0.25) is 4.79 Å². The van der Waals surface area contributed by atoms with Gasteiger partial charge in [-0.1, -0.05) is 0 Å². The summed E-state index contributed by atoms with van der Waals surface area (Å²) in [5.74, 6) is 1.32. The predicted molar refractivity (Wildman–Crippen MR) is 107 cm³/mol. The first-order valence-electron chi connectivity index (χ1n) is 9.18. The monoisotopic (exact) mass is 369 g/mol. The first kappa shape index (κ1) is 18.9. The maximum absolute atomic E-state index is 12.8. The molecule has 1 aromatic heterocycles. The standard InChI is InChI=1S/C20H27N5O2/c1-23(2)16-9-7-15(8-10-16)20(26)25-13-5-6-17(14-25)27-19-12-11-18(21-22-19)24(3)4/h7-12,17H,5-6,13-14H2,1-4H3. The summed E-state index contributed by atoms with van der Waals surface area (Å²) in [5.41, 5.74) is 1.78. The van der Waals surface area contributed by atoms with Gasteiger partial charge < -0.3 is 19.4 Å². The summed E-state index contributed by atoms with van der Waals surface area (Å²) in [6.45, 7) is 1.31. The summed E-state index contributed by atoms with van der Waals surface area (Å²) in [6, 6.07) is 11.4. The number of likely N-dealkylation sites (tertiary alicyclic amines) is 1. The van der Waals surface area contributed by atoms with E-state index < -0.39 is 0 Å². The molecule has 0 spiro atoms. The molecule has 1 atom stereocenters. The lowest BCUT2D eigenvalue weighted by molar-refractivity contribution is 0.0525. The lowest BCUT2D eigenvalue weighted by atomic mass is 10.1. The Hall–Kier alpha value is -2.83. The minimum absolute atomic E-state index is 0.0441. The molecule has 0 N–H and O–H groups in total. The lowest BCUT2D eigenvalue weighted by Gasteiger charge is -2.32. The second-order valence-electron chi connectivity index (χ2n) is 7.20. The molecule has 1 aliphatic heterocycles. The second-order valence-corrected chi connectivity index (χ2v) is 7.20. The number of ether oxygens (including phenoxy) is 1. The molecular formula is C20H27N5O2. The lowest BCUT2D eigenvalue weighted by Crippen LogP contribution is -2.44. The zero-order valence-corrected chi connectivity index (χ0v) is 16.4. The van der Waals surface area contributed by atoms with Crippen molar-refractivity contribution >= 4 is 17.4 Å². The molecule has 2 heterocycles. The Morgan fingerprint density at radius 2 is 1.78 bits per heavy atom. The normalized spacial score (nSPS) is 16.7. The van der Waals surface area contributed by atoms with E-state index in [0.29, 0.717) is 18.0 Å². The van der Waals surface area contributed by atoms with Gasteiger partial charge in [-0.25, -0.2) is 0 Å². The Morgan fingerprint density at radius 3 is 2.37 bits per heavy atom. The molecule has 1 aromatic carbocycles. The largest absolute Gasteiger partial charge is 0.471 e. The summed E-state index contributed by atoms with van der Waals surface area (Å²) in [5, 5.41) is 8.26. The third-order valence-corrected chi connectivity index (χ3v) is 4.67. The summed E-state index contributed by atoms with van der Waals surface area (Å²) in [6.07, 6.45) is 1.75. The number of rotatable bonds is 5. The van der Waals surface area contributed by atoms with E-state index in [2.05, 4.69) is 10.2 Å². The fraction of sp³-hybridized carbons (Fsp3) is 0.450. The molecule has 1 unspecified atom stereocenters. The van der Waals surface area contributed by atoms with Gasteiger partial charge in [0.25, 0.3) is 5.91 Å². The summed E-state index contributed by atoms with van der Waals surface area (Å²) in [7, 11) is 7.80. The van der Waals surface area contributed by atoms with Crippen LogP contribution in [0.3, 0.4) is 0 Å². The highest BCUT2D eigenvalue weighted by Gasteiger charge is 2.26. The molecule has 1 saturated heterocycles. The van der Waals surface area contributed by atoms with Crippen molar-refractivity contribution in [1.82, 2.24) is 15.1 Å². The Labute approximate surface area is 160 Å². The highest BCUT2D eigenvalue weighted by atomic mass is 16.5. The van der Waals surface area contributed by atoms with Crippen molar-refractivity contribution < 1.29 is 9.53 Å². The molecule has 27 heavy (non-hydrogen) atoms. The van der Waals surface area contributed by atoms with Crippen LogP contribution < -0.4 is 14.5 Å². The molecule has 3 rings (SSSR count). The van der Waals surface area contributed by atoms with Gasteiger partial charge in [0, 0.05) is 52.1 Å². The van der Waals surface area contributed by atoms with Crippen molar-refractivity contribution in [3.63, 3.8) is 0 Å². The van der Waals surface area contributed by atoms with Crippen molar-refractivity contribution in [1.29, 1.82) is 0 Å². The predicted octanol–water partition coefficient (Wildman–Crippen LogP) is 2.29. The van der Waals surface area contributed by atoms with Crippen molar-refractivity contribution in [2.75, 3.05) is 51.1 Å². The molecule has 1 aliphatic rings. The van der Waals surface area contributed by atoms with E-state index in [1.165, 1.54) is 0 Å². The Morgan fingerprint density at radius 1 is 1.04 bits per heavy atom. The Balaban J connectivity index is 1.62. The van der Waals surface area contributed by atoms with Gasteiger partial charge in [0.05, 0.1) is 6.54 Å². The summed E-state index contributed by atoms with van der Waals surface area (Å²) >= 11 is 0. The number of benzene rings is 1. The molecule has 0 aliphatic carbocycles. The van der Waals surface area contributed by atoms with Crippen molar-refractivity contribution in [3.8, 4) is 5.88 Å². The molecule has 1 fully saturated rings. The summed E-state index contributed by atoms with van der Waals surface area (Å²) < 4.78 is 5.96. The molecule has 7 nitrogen and oxygen atoms in total. The van der Waals surface area contributed by atoms with E-state index in [-0.39, 0.29) is 12.0 Å². The molecule has 144 valence electrons. The van der Waals surface area contributed by atoms with Gasteiger partial charge in [0.2, 0.25) is 5.88 Å². The minimum Gasteiger partial charge on any atom is -0.471 e. The van der Waals surface area contributed by atoms with E-state index in [9.17, 15) is 4.79 Å². The number of piperidine rings is 1. The highest BCUT2D eigenvalue weighted by Crippen LogP contribution is 2.20. The number of hydrogen-bond acceptors (Lipinski definition) is 6. The maximum Gasteiger partial charge on any atom is 0.253 e. The SMILES string of the molecule is CN(C)c1ccc(C(=O)N2CCCC(Oc3ccc(N(C)C)nn3)C2)cc1. The van der Waals surface area contributed by atoms with Gasteiger partial charge in [-0.05, 0) is 43.2 Å². The fourth-order valence-electron chi connectivity index (χ4n) is 3.09. The average Bonchev–Trinajstić information content (AvgIpc) is 2.68. The smallest absolute Gasteiger partial charge is 0.253 e. The number of hydrogen-bond donors (Lipinski definition) is 0. The molecule has 7 heteroatoms. The van der Waals surface area contributed by atoms with Gasteiger partial charge in [-0.2, -0.15) is 0 Å². The van der Waals surface area contributed by atoms with Crippen LogP contribution in [0, 0.1) is 0 Å². The molecule has 0 radical (unpaired) electrons. The Bertz CT molecular complexity index is 759. The van der Waals surface area contributed by atoms with Crippen LogP contribution in [-0.2, 0) is 0 Å². The quantitative estimate of drug-likeness (QED) is 0.806. The van der Waals surface area contributed by atoms with Crippen LogP contribution in [-0.4, -0.2) is 68.4 Å². The van der Waals surface area contributed by atoms with E-state index in [1.54, 1.807) is 0 Å².